The van der Waals surface area contributed by atoms with Crippen LogP contribution in [0.2, 0.25) is 0 Å². The lowest BCUT2D eigenvalue weighted by Gasteiger charge is -2.12. The van der Waals surface area contributed by atoms with Gasteiger partial charge in [0.25, 0.3) is 5.82 Å². The highest BCUT2D eigenvalue weighted by atomic mass is 15.2. The zero-order valence-corrected chi connectivity index (χ0v) is 74.0. The molecule has 33 rings (SSSR count). The van der Waals surface area contributed by atoms with E-state index in [-0.39, 0.29) is 0 Å². The molecular formula is C125H68N14. The van der Waals surface area contributed by atoms with E-state index in [0.29, 0.717) is 23.4 Å². The molecule has 13 heterocycles. The van der Waals surface area contributed by atoms with E-state index in [2.05, 4.69) is 381 Å². The molecular weight excluding hydrogens is 1700 g/mol. The Morgan fingerprint density at radius 2 is 0.547 bits per heavy atom. The summed E-state index contributed by atoms with van der Waals surface area (Å²) in [5.41, 5.74) is 26.1. The summed E-state index contributed by atoms with van der Waals surface area (Å²) in [5, 5.41) is 33.8. The second kappa shape index (κ2) is 28.1. The van der Waals surface area contributed by atoms with Crippen molar-refractivity contribution >= 4 is 267 Å². The maximum Gasteiger partial charge on any atom is 0.332 e. The molecule has 0 bridgehead atoms. The average molecular weight is 1770 g/mol. The average Bonchev–Trinajstić information content (AvgIpc) is 1.52. The van der Waals surface area contributed by atoms with Crippen molar-refractivity contribution in [1.29, 1.82) is 0 Å². The summed E-state index contributed by atoms with van der Waals surface area (Å²) in [6.45, 7) is 15.4. The molecule has 0 saturated carbocycles. The van der Waals surface area contributed by atoms with Crippen molar-refractivity contribution < 1.29 is 0 Å². The van der Waals surface area contributed by atoms with E-state index in [9.17, 15) is 0 Å². The van der Waals surface area contributed by atoms with Crippen LogP contribution in [0.15, 0.2) is 413 Å². The van der Waals surface area contributed by atoms with Gasteiger partial charge in [0.2, 0.25) is 5.95 Å². The van der Waals surface area contributed by atoms with Gasteiger partial charge in [-0.25, -0.2) is 19.8 Å². The van der Waals surface area contributed by atoms with Gasteiger partial charge in [0, 0.05) is 136 Å². The minimum absolute atomic E-state index is 0.360. The third kappa shape index (κ3) is 10.1. The van der Waals surface area contributed by atoms with Gasteiger partial charge < -0.3 is 22.6 Å². The second-order valence-corrected chi connectivity index (χ2v) is 36.6. The predicted octanol–water partition coefficient (Wildman–Crippen LogP) is 32.4. The molecule has 0 radical (unpaired) electrons. The summed E-state index contributed by atoms with van der Waals surface area (Å²) in [6.07, 6.45) is 1.88. The van der Waals surface area contributed by atoms with Crippen LogP contribution in [0.5, 0.6) is 0 Å². The lowest BCUT2D eigenvalue weighted by atomic mass is 9.99. The fourth-order valence-electron chi connectivity index (χ4n) is 24.1. The van der Waals surface area contributed by atoms with E-state index in [1.807, 2.05) is 72.9 Å². The van der Waals surface area contributed by atoms with Crippen LogP contribution in [0.4, 0.5) is 11.5 Å². The van der Waals surface area contributed by atoms with E-state index in [4.69, 9.17) is 38.1 Å². The molecule has 0 atom stereocenters. The summed E-state index contributed by atoms with van der Waals surface area (Å²) in [4.78, 5) is 32.8. The Kier molecular flexibility index (Phi) is 15.2. The summed E-state index contributed by atoms with van der Waals surface area (Å²) in [7, 11) is 0. The number of hydrogen-bond acceptors (Lipinski definition) is 5. The standard InChI is InChI=1S/C45H26N4.C43H23N5.C37H19N5/c1-2-11-30-27(10-1)19-24-39-41(30)43-40(26-35-32-13-4-7-17-37(32)49-38-18-8-5-14-34(38)42(43)44(35)49)47(39)28-20-22-29(23-21-28)48-36-16-6-3-12-31(36)33-15-9-25-46-45(33)48;1-44-27-21-18-26(19-22-27)41-30-13-4-7-15-33(30)45-43(46-41)48-36-23-20-25-10-2-3-11-28(25)38(36)40-37(48)24-32-29-12-5-8-16-34(29)47-35-17-9-6-14-31(35)39(40)42(32)47;1-38-36-24-13-4-7-15-27(24)39-37(40-36)42-30-19-18-21-10-2-3-11-22(21)32(30)34-31(42)20-26-23-12-5-8-16-28(23)41-29-17-9-6-14-25(29)33(34)35(26)41/h1-26H;2-24H;2-20H. The molecule has 33 aromatic rings. The van der Waals surface area contributed by atoms with E-state index >= 15 is 0 Å². The van der Waals surface area contributed by atoms with E-state index < -0.39 is 0 Å². The van der Waals surface area contributed by atoms with Crippen molar-refractivity contribution in [1.82, 2.24) is 56.4 Å². The molecule has 0 unspecified atom stereocenters. The largest absolute Gasteiger partial charge is 0.360 e. The molecule has 0 N–H and O–H groups in total. The monoisotopic (exact) mass is 1760 g/mol. The van der Waals surface area contributed by atoms with Gasteiger partial charge in [-0.15, -0.1) is 0 Å². The van der Waals surface area contributed by atoms with Crippen LogP contribution < -0.4 is 0 Å². The highest BCUT2D eigenvalue weighted by Crippen LogP contribution is 2.54. The Hall–Kier alpha value is -19.4. The molecule has 0 aliphatic carbocycles. The highest BCUT2D eigenvalue weighted by Gasteiger charge is 2.32. The maximum absolute atomic E-state index is 7.93. The molecule has 20 aromatic carbocycles. The number of benzene rings is 20. The third-order valence-electron chi connectivity index (χ3n) is 29.7. The fraction of sp³-hybridized carbons (Fsp3) is 0. The molecule has 0 amide bonds. The second-order valence-electron chi connectivity index (χ2n) is 36.6. The Morgan fingerprint density at radius 3 is 0.986 bits per heavy atom. The van der Waals surface area contributed by atoms with Gasteiger partial charge in [-0.3, -0.25) is 13.7 Å². The lowest BCUT2D eigenvalue weighted by Crippen LogP contribution is -2.03. The van der Waals surface area contributed by atoms with Crippen molar-refractivity contribution in [3.8, 4) is 34.5 Å². The molecule has 0 aliphatic heterocycles. The first kappa shape index (κ1) is 75.2. The summed E-state index contributed by atoms with van der Waals surface area (Å²) < 4.78 is 16.5. The van der Waals surface area contributed by atoms with Crippen LogP contribution in [0.25, 0.3) is 300 Å². The van der Waals surface area contributed by atoms with E-state index in [1.54, 1.807) is 0 Å². The molecule has 0 fully saturated rings. The molecule has 139 heavy (non-hydrogen) atoms. The predicted molar refractivity (Wildman–Crippen MR) is 575 cm³/mol. The Bertz CT molecular complexity index is 11300. The van der Waals surface area contributed by atoms with Crippen LogP contribution in [0.1, 0.15) is 0 Å². The molecule has 638 valence electrons. The first-order valence-corrected chi connectivity index (χ1v) is 46.9. The van der Waals surface area contributed by atoms with Crippen LogP contribution in [0.3, 0.4) is 0 Å². The zero-order chi connectivity index (χ0) is 90.8. The quantitative estimate of drug-likeness (QED) is 0.160. The third-order valence-corrected chi connectivity index (χ3v) is 29.7. The first-order valence-electron chi connectivity index (χ1n) is 46.9. The number of aromatic nitrogens is 12. The maximum atomic E-state index is 7.93. The normalized spacial score (nSPS) is 12.3. The molecule has 13 aromatic heterocycles. The van der Waals surface area contributed by atoms with Crippen molar-refractivity contribution in [3.63, 3.8) is 0 Å². The highest BCUT2D eigenvalue weighted by molar-refractivity contribution is 6.42. The van der Waals surface area contributed by atoms with Crippen molar-refractivity contribution in [2.45, 2.75) is 0 Å². The number of para-hydroxylation sites is 9. The minimum atomic E-state index is 0.360. The van der Waals surface area contributed by atoms with E-state index in [0.717, 1.165) is 83.1 Å². The lowest BCUT2D eigenvalue weighted by molar-refractivity contribution is 1.01. The summed E-state index contributed by atoms with van der Waals surface area (Å²) in [6, 6.07) is 145. The SMILES string of the molecule is [C-]#[N+]c1ccc(-c2nc(-n3c4ccc5ccccc5c4c4c5c6ccccc6n6c7ccccc7c(cc43)c56)nc3ccccc23)cc1.[C-]#[N+]c1nc(-n2c3ccc4ccccc4c3c3c4c5ccccc5n5c6ccccc6c(cc32)c45)nc2ccccc12.c1ccc2c(c1)ccc1c2c2c3c4ccccc4n4c5ccccc5c(cc2n1-c1ccc(-n2c5ccccc5c5cccnc52)cc1)c34. The molecule has 0 spiro atoms. The Labute approximate surface area is 788 Å². The smallest absolute Gasteiger partial charge is 0.332 e. The Balaban J connectivity index is 0.0000000966. The van der Waals surface area contributed by atoms with Gasteiger partial charge in [-0.05, 0) is 165 Å². The number of nitrogens with zero attached hydrogens (tertiary/aromatic N) is 14. The zero-order valence-electron chi connectivity index (χ0n) is 74.0. The van der Waals surface area contributed by atoms with Crippen molar-refractivity contribution in [2.75, 3.05) is 0 Å². The van der Waals surface area contributed by atoms with Crippen LogP contribution >= 0.6 is 0 Å². The van der Waals surface area contributed by atoms with Gasteiger partial charge >= 0.3 is 5.95 Å². The van der Waals surface area contributed by atoms with Gasteiger partial charge in [0.05, 0.1) is 112 Å². The topological polar surface area (TPSA) is 106 Å². The number of rotatable bonds is 5. The number of pyridine rings is 1. The summed E-state index contributed by atoms with van der Waals surface area (Å²) in [5.74, 6) is 1.49. The van der Waals surface area contributed by atoms with Crippen molar-refractivity contribution in [2.24, 2.45) is 0 Å². The molecule has 14 heteroatoms. The molecule has 0 aliphatic rings. The van der Waals surface area contributed by atoms with Crippen molar-refractivity contribution in [3.05, 3.63) is 435 Å². The molecule has 0 saturated heterocycles. The number of fused-ring (bicyclic) bond motifs is 41. The van der Waals surface area contributed by atoms with Crippen LogP contribution in [-0.4, -0.2) is 56.4 Å². The fourth-order valence-corrected chi connectivity index (χ4v) is 24.1. The van der Waals surface area contributed by atoms with Gasteiger partial charge in [0.1, 0.15) is 5.65 Å². The molecule has 14 nitrogen and oxygen atoms in total. The first-order chi connectivity index (χ1) is 68.9. The Morgan fingerprint density at radius 1 is 0.209 bits per heavy atom. The van der Waals surface area contributed by atoms with Gasteiger partial charge in [-0.1, -0.05) is 291 Å². The summed E-state index contributed by atoms with van der Waals surface area (Å²) >= 11 is 0. The van der Waals surface area contributed by atoms with Crippen LogP contribution in [0, 0.1) is 13.1 Å². The van der Waals surface area contributed by atoms with E-state index in [1.165, 1.54) is 195 Å². The van der Waals surface area contributed by atoms with Gasteiger partial charge in [-0.2, -0.15) is 4.98 Å². The van der Waals surface area contributed by atoms with Gasteiger partial charge in [0.15, 0.2) is 5.69 Å². The minimum Gasteiger partial charge on any atom is -0.360 e. The van der Waals surface area contributed by atoms with Crippen LogP contribution in [-0.2, 0) is 0 Å². The number of hydrogen-bond donors (Lipinski definition) is 0.